The fourth-order valence-corrected chi connectivity index (χ4v) is 5.49. The molecule has 0 aliphatic carbocycles. The maximum Gasteiger partial charge on any atom is 0.241 e. The van der Waals surface area contributed by atoms with Crippen LogP contribution in [-0.2, 0) is 14.8 Å². The second kappa shape index (κ2) is 9.36. The lowest BCUT2D eigenvalue weighted by atomic mass is 9.92. The molecule has 3 unspecified atom stereocenters. The highest BCUT2D eigenvalue weighted by Gasteiger charge is 2.41. The lowest BCUT2D eigenvalue weighted by Gasteiger charge is -2.37. The number of likely N-dealkylation sites (tertiary alicyclic amines) is 1. The van der Waals surface area contributed by atoms with Gasteiger partial charge in [0, 0.05) is 25.7 Å². The van der Waals surface area contributed by atoms with Gasteiger partial charge in [0.15, 0.2) is 0 Å². The van der Waals surface area contributed by atoms with Crippen LogP contribution in [-0.4, -0.2) is 61.0 Å². The SMILES string of the molecule is CCCCS(=O)(=O)N1CCCC1C(=O)N1CCCC(C(C)N)C1.Cl. The van der Waals surface area contributed by atoms with Crippen LogP contribution in [0.1, 0.15) is 52.4 Å². The van der Waals surface area contributed by atoms with E-state index in [2.05, 4.69) is 0 Å². The molecule has 142 valence electrons. The second-order valence-corrected chi connectivity index (χ2v) is 9.03. The van der Waals surface area contributed by atoms with E-state index in [1.165, 1.54) is 4.31 Å². The number of nitrogens with zero attached hydrogens (tertiary/aromatic N) is 2. The molecule has 2 saturated heterocycles. The highest BCUT2D eigenvalue weighted by molar-refractivity contribution is 7.89. The molecule has 0 aromatic heterocycles. The summed E-state index contributed by atoms with van der Waals surface area (Å²) in [5.41, 5.74) is 5.99. The molecule has 2 rings (SSSR count). The highest BCUT2D eigenvalue weighted by Crippen LogP contribution is 2.26. The van der Waals surface area contributed by atoms with Gasteiger partial charge in [-0.15, -0.1) is 12.4 Å². The van der Waals surface area contributed by atoms with Gasteiger partial charge in [-0.1, -0.05) is 13.3 Å². The van der Waals surface area contributed by atoms with Crippen molar-refractivity contribution in [3.05, 3.63) is 0 Å². The average Bonchev–Trinajstić information content (AvgIpc) is 3.03. The molecule has 2 fully saturated rings. The van der Waals surface area contributed by atoms with Gasteiger partial charge < -0.3 is 10.6 Å². The standard InChI is InChI=1S/C16H31N3O3S.ClH/c1-3-4-11-23(21,22)19-10-6-8-15(19)16(20)18-9-5-7-14(12-18)13(2)17;/h13-15H,3-12,17H2,1-2H3;1H. The van der Waals surface area contributed by atoms with Gasteiger partial charge >= 0.3 is 0 Å². The van der Waals surface area contributed by atoms with Crippen LogP contribution in [0.3, 0.4) is 0 Å². The number of hydrogen-bond donors (Lipinski definition) is 1. The van der Waals surface area contributed by atoms with Crippen LogP contribution in [0.4, 0.5) is 0 Å². The molecule has 8 heteroatoms. The smallest absolute Gasteiger partial charge is 0.241 e. The molecule has 0 aromatic carbocycles. The van der Waals surface area contributed by atoms with Crippen LogP contribution in [0.15, 0.2) is 0 Å². The molecular weight excluding hydrogens is 350 g/mol. The summed E-state index contributed by atoms with van der Waals surface area (Å²) in [6.45, 7) is 5.82. The van der Waals surface area contributed by atoms with Crippen LogP contribution in [0.5, 0.6) is 0 Å². The predicted octanol–water partition coefficient (Wildman–Crippen LogP) is 1.59. The molecule has 1 amide bonds. The Bertz CT molecular complexity index is 513. The Morgan fingerprint density at radius 1 is 1.25 bits per heavy atom. The van der Waals surface area contributed by atoms with Gasteiger partial charge in [0.25, 0.3) is 0 Å². The lowest BCUT2D eigenvalue weighted by Crippen LogP contribution is -2.52. The third-order valence-corrected chi connectivity index (χ3v) is 7.07. The molecule has 24 heavy (non-hydrogen) atoms. The second-order valence-electron chi connectivity index (χ2n) is 6.98. The topological polar surface area (TPSA) is 83.7 Å². The van der Waals surface area contributed by atoms with Gasteiger partial charge in [0.05, 0.1) is 5.75 Å². The quantitative estimate of drug-likeness (QED) is 0.757. The lowest BCUT2D eigenvalue weighted by molar-refractivity contribution is -0.136. The van der Waals surface area contributed by atoms with Gasteiger partial charge in [0.2, 0.25) is 15.9 Å². The number of amides is 1. The van der Waals surface area contributed by atoms with Crippen molar-refractivity contribution in [3.63, 3.8) is 0 Å². The molecule has 2 N–H and O–H groups in total. The number of halogens is 1. The number of unbranched alkanes of at least 4 members (excludes halogenated alkanes) is 1. The molecule has 3 atom stereocenters. The first-order valence-corrected chi connectivity index (χ1v) is 10.5. The summed E-state index contributed by atoms with van der Waals surface area (Å²) in [5.74, 6) is 0.447. The maximum atomic E-state index is 12.9. The zero-order valence-electron chi connectivity index (χ0n) is 14.8. The van der Waals surface area contributed by atoms with E-state index in [0.29, 0.717) is 31.8 Å². The van der Waals surface area contributed by atoms with Crippen LogP contribution >= 0.6 is 12.4 Å². The van der Waals surface area contributed by atoms with Gasteiger partial charge in [-0.05, 0) is 44.9 Å². The van der Waals surface area contributed by atoms with Gasteiger partial charge in [0.1, 0.15) is 6.04 Å². The van der Waals surface area contributed by atoms with Crippen molar-refractivity contribution in [2.45, 2.75) is 64.5 Å². The van der Waals surface area contributed by atoms with Crippen molar-refractivity contribution in [1.82, 2.24) is 9.21 Å². The van der Waals surface area contributed by atoms with E-state index in [-0.39, 0.29) is 30.1 Å². The van der Waals surface area contributed by atoms with E-state index in [1.54, 1.807) is 0 Å². The molecule has 0 spiro atoms. The fraction of sp³-hybridized carbons (Fsp3) is 0.938. The Morgan fingerprint density at radius 2 is 1.92 bits per heavy atom. The van der Waals surface area contributed by atoms with Crippen molar-refractivity contribution < 1.29 is 13.2 Å². The normalized spacial score (nSPS) is 26.9. The van der Waals surface area contributed by atoms with E-state index in [4.69, 9.17) is 5.73 Å². The zero-order chi connectivity index (χ0) is 17.0. The summed E-state index contributed by atoms with van der Waals surface area (Å²) in [6, 6.07) is -0.428. The Kier molecular flexibility index (Phi) is 8.45. The largest absolute Gasteiger partial charge is 0.341 e. The number of piperidine rings is 1. The van der Waals surface area contributed by atoms with Crippen LogP contribution in [0.2, 0.25) is 0 Å². The molecule has 0 radical (unpaired) electrons. The minimum atomic E-state index is -3.32. The summed E-state index contributed by atoms with van der Waals surface area (Å²) in [5, 5.41) is 0. The van der Waals surface area contributed by atoms with Gasteiger partial charge in [-0.2, -0.15) is 4.31 Å². The summed E-state index contributed by atoms with van der Waals surface area (Å²) < 4.78 is 26.5. The number of hydrogen-bond acceptors (Lipinski definition) is 4. The minimum Gasteiger partial charge on any atom is -0.341 e. The Balaban J connectivity index is 0.00000288. The number of nitrogens with two attached hydrogens (primary N) is 1. The molecule has 0 aromatic rings. The van der Waals surface area contributed by atoms with Crippen LogP contribution in [0.25, 0.3) is 0 Å². The average molecular weight is 382 g/mol. The summed E-state index contributed by atoms with van der Waals surface area (Å²) in [4.78, 5) is 14.7. The Morgan fingerprint density at radius 3 is 2.54 bits per heavy atom. The zero-order valence-corrected chi connectivity index (χ0v) is 16.4. The highest BCUT2D eigenvalue weighted by atomic mass is 35.5. The molecule has 6 nitrogen and oxygen atoms in total. The summed E-state index contributed by atoms with van der Waals surface area (Å²) in [6.07, 6.45) is 4.90. The Labute approximate surface area is 152 Å². The third kappa shape index (κ3) is 5.07. The number of sulfonamides is 1. The molecule has 2 heterocycles. The number of carbonyl (C=O) groups is 1. The van der Waals surface area contributed by atoms with Crippen LogP contribution < -0.4 is 5.73 Å². The van der Waals surface area contributed by atoms with Crippen molar-refractivity contribution in [1.29, 1.82) is 0 Å². The minimum absolute atomic E-state index is 0. The summed E-state index contributed by atoms with van der Waals surface area (Å²) >= 11 is 0. The van der Waals surface area contributed by atoms with E-state index in [0.717, 1.165) is 32.2 Å². The molecule has 2 aliphatic rings. The first-order valence-electron chi connectivity index (χ1n) is 8.90. The first kappa shape index (κ1) is 21.7. The Hall–Kier alpha value is -0.370. The van der Waals surface area contributed by atoms with Crippen molar-refractivity contribution in [3.8, 4) is 0 Å². The molecule has 0 bridgehead atoms. The van der Waals surface area contributed by atoms with E-state index in [9.17, 15) is 13.2 Å². The summed E-state index contributed by atoms with van der Waals surface area (Å²) in [7, 11) is -3.32. The van der Waals surface area contributed by atoms with Crippen molar-refractivity contribution in [2.75, 3.05) is 25.4 Å². The molecule has 2 aliphatic heterocycles. The molecular formula is C16H32ClN3O3S. The number of carbonyl (C=O) groups excluding carboxylic acids is 1. The monoisotopic (exact) mass is 381 g/mol. The van der Waals surface area contributed by atoms with Gasteiger partial charge in [-0.3, -0.25) is 4.79 Å². The number of rotatable bonds is 6. The van der Waals surface area contributed by atoms with E-state index in [1.807, 2.05) is 18.7 Å². The van der Waals surface area contributed by atoms with E-state index < -0.39 is 16.1 Å². The predicted molar refractivity (Wildman–Crippen MR) is 98.6 cm³/mol. The fourth-order valence-electron chi connectivity index (χ4n) is 3.61. The third-order valence-electron chi connectivity index (χ3n) is 5.11. The van der Waals surface area contributed by atoms with Crippen molar-refractivity contribution in [2.24, 2.45) is 11.7 Å². The van der Waals surface area contributed by atoms with Gasteiger partial charge in [-0.25, -0.2) is 8.42 Å². The first-order chi connectivity index (χ1) is 10.9. The maximum absolute atomic E-state index is 12.9. The van der Waals surface area contributed by atoms with E-state index >= 15 is 0 Å². The van der Waals surface area contributed by atoms with Crippen LogP contribution in [0, 0.1) is 5.92 Å². The van der Waals surface area contributed by atoms with Crippen molar-refractivity contribution >= 4 is 28.3 Å². The molecule has 0 saturated carbocycles.